The molecule has 1 heteroatoms. The van der Waals surface area contributed by atoms with Gasteiger partial charge >= 0.3 is 0 Å². The molecular formula is C7H15F. The van der Waals surface area contributed by atoms with Crippen LogP contribution in [0.3, 0.4) is 0 Å². The summed E-state index contributed by atoms with van der Waals surface area (Å²) in [6.45, 7) is 5.97. The molecule has 0 saturated heterocycles. The van der Waals surface area contributed by atoms with E-state index in [1.165, 1.54) is 0 Å². The van der Waals surface area contributed by atoms with E-state index in [1.807, 2.05) is 20.8 Å². The molecule has 0 radical (unpaired) electrons. The Balaban J connectivity index is 3.10. The van der Waals surface area contributed by atoms with Gasteiger partial charge in [-0.3, -0.25) is 0 Å². The van der Waals surface area contributed by atoms with Gasteiger partial charge in [0.05, 0.1) is 0 Å². The van der Waals surface area contributed by atoms with Crippen LogP contribution in [0.1, 0.15) is 33.6 Å². The lowest BCUT2D eigenvalue weighted by atomic mass is 10.1. The molecule has 0 rings (SSSR count). The van der Waals surface area contributed by atoms with Crippen LogP contribution in [0.15, 0.2) is 0 Å². The van der Waals surface area contributed by atoms with Crippen molar-refractivity contribution in [2.45, 2.75) is 39.8 Å². The lowest BCUT2D eigenvalue weighted by Gasteiger charge is -2.06. The van der Waals surface area contributed by atoms with Crippen LogP contribution in [0.25, 0.3) is 0 Å². The van der Waals surface area contributed by atoms with Gasteiger partial charge < -0.3 is 0 Å². The summed E-state index contributed by atoms with van der Waals surface area (Å²) >= 11 is 0. The van der Waals surface area contributed by atoms with Crippen molar-refractivity contribution < 1.29 is 4.39 Å². The Morgan fingerprint density at radius 2 is 1.88 bits per heavy atom. The number of hydrogen-bond donors (Lipinski definition) is 0. The molecule has 0 heterocycles. The predicted octanol–water partition coefficient (Wildman–Crippen LogP) is 2.78. The summed E-state index contributed by atoms with van der Waals surface area (Å²) in [6.07, 6.45) is 0.810. The zero-order valence-electron chi connectivity index (χ0n) is 5.95. The molecule has 0 aliphatic heterocycles. The molecule has 0 aliphatic carbocycles. The monoisotopic (exact) mass is 118 g/mol. The second kappa shape index (κ2) is 3.88. The van der Waals surface area contributed by atoms with Gasteiger partial charge in [0, 0.05) is 0 Å². The maximum atomic E-state index is 12.4. The van der Waals surface area contributed by atoms with Crippen LogP contribution in [0.4, 0.5) is 4.39 Å². The van der Waals surface area contributed by atoms with Gasteiger partial charge in [0.2, 0.25) is 0 Å². The van der Waals surface area contributed by atoms with Crippen molar-refractivity contribution in [2.24, 2.45) is 5.92 Å². The Hall–Kier alpha value is -0.0700. The van der Waals surface area contributed by atoms with Gasteiger partial charge in [0.25, 0.3) is 0 Å². The minimum atomic E-state index is -0.574. The quantitative estimate of drug-likeness (QED) is 0.534. The van der Waals surface area contributed by atoms with Gasteiger partial charge in [-0.05, 0) is 18.8 Å². The fourth-order valence-corrected chi connectivity index (χ4v) is 0.678. The van der Waals surface area contributed by atoms with E-state index in [2.05, 4.69) is 0 Å². The fourth-order valence-electron chi connectivity index (χ4n) is 0.678. The summed E-state index contributed by atoms with van der Waals surface area (Å²) in [5, 5.41) is 0. The van der Waals surface area contributed by atoms with Crippen LogP contribution >= 0.6 is 0 Å². The average molecular weight is 118 g/mol. The van der Waals surface area contributed by atoms with Crippen molar-refractivity contribution >= 4 is 0 Å². The van der Waals surface area contributed by atoms with Crippen LogP contribution in [-0.2, 0) is 0 Å². The van der Waals surface area contributed by atoms with Gasteiger partial charge in [-0.15, -0.1) is 0 Å². The zero-order chi connectivity index (χ0) is 6.57. The van der Waals surface area contributed by atoms with Crippen LogP contribution in [0, 0.1) is 5.92 Å². The molecule has 0 nitrogen and oxygen atoms in total. The number of hydrogen-bond acceptors (Lipinski definition) is 0. The van der Waals surface area contributed by atoms with Crippen LogP contribution in [-0.4, -0.2) is 6.17 Å². The van der Waals surface area contributed by atoms with Crippen LogP contribution < -0.4 is 0 Å². The van der Waals surface area contributed by atoms with Crippen molar-refractivity contribution in [3.8, 4) is 0 Å². The molecule has 0 aromatic heterocycles. The highest BCUT2D eigenvalue weighted by Crippen LogP contribution is 2.09. The van der Waals surface area contributed by atoms with Crippen molar-refractivity contribution in [3.63, 3.8) is 0 Å². The normalized spacial score (nSPS) is 14.6. The van der Waals surface area contributed by atoms with E-state index in [0.717, 1.165) is 6.42 Å². The SMILES string of the molecule is CCC(F)CC(C)C. The van der Waals surface area contributed by atoms with E-state index in [1.54, 1.807) is 0 Å². The van der Waals surface area contributed by atoms with E-state index >= 15 is 0 Å². The second-order valence-electron chi connectivity index (χ2n) is 2.64. The van der Waals surface area contributed by atoms with Gasteiger partial charge in [-0.2, -0.15) is 0 Å². The second-order valence-corrected chi connectivity index (χ2v) is 2.64. The molecule has 1 unspecified atom stereocenters. The largest absolute Gasteiger partial charge is 0.247 e. The Morgan fingerprint density at radius 3 is 2.00 bits per heavy atom. The molecule has 0 fully saturated rings. The summed E-state index contributed by atoms with van der Waals surface area (Å²) < 4.78 is 12.4. The standard InChI is InChI=1S/C7H15F/c1-4-7(8)5-6(2)3/h6-7H,4-5H2,1-3H3. The Kier molecular flexibility index (Phi) is 3.84. The van der Waals surface area contributed by atoms with Gasteiger partial charge in [0.15, 0.2) is 0 Å². The zero-order valence-corrected chi connectivity index (χ0v) is 5.95. The highest BCUT2D eigenvalue weighted by atomic mass is 19.1. The summed E-state index contributed by atoms with van der Waals surface area (Å²) in [7, 11) is 0. The minimum absolute atomic E-state index is 0.505. The minimum Gasteiger partial charge on any atom is -0.247 e. The van der Waals surface area contributed by atoms with Crippen molar-refractivity contribution in [3.05, 3.63) is 0 Å². The fraction of sp³-hybridized carbons (Fsp3) is 1.00. The first-order valence-electron chi connectivity index (χ1n) is 3.30. The highest BCUT2D eigenvalue weighted by Gasteiger charge is 2.04. The molecule has 0 bridgehead atoms. The third-order valence-electron chi connectivity index (χ3n) is 1.17. The van der Waals surface area contributed by atoms with E-state index in [0.29, 0.717) is 12.3 Å². The van der Waals surface area contributed by atoms with Crippen molar-refractivity contribution in [1.29, 1.82) is 0 Å². The number of rotatable bonds is 3. The molecule has 0 saturated carbocycles. The Bertz CT molecular complexity index is 50.3. The summed E-state index contributed by atoms with van der Waals surface area (Å²) in [4.78, 5) is 0. The molecule has 0 aliphatic rings. The summed E-state index contributed by atoms with van der Waals surface area (Å²) in [6, 6.07) is 0. The molecule has 0 spiro atoms. The average Bonchev–Trinajstić information content (AvgIpc) is 1.65. The summed E-state index contributed by atoms with van der Waals surface area (Å²) in [5.41, 5.74) is 0. The topological polar surface area (TPSA) is 0 Å². The lowest BCUT2D eigenvalue weighted by molar-refractivity contribution is 0.275. The van der Waals surface area contributed by atoms with E-state index in [4.69, 9.17) is 0 Å². The van der Waals surface area contributed by atoms with Crippen molar-refractivity contribution in [1.82, 2.24) is 0 Å². The van der Waals surface area contributed by atoms with Crippen molar-refractivity contribution in [2.75, 3.05) is 0 Å². The maximum absolute atomic E-state index is 12.4. The van der Waals surface area contributed by atoms with E-state index in [9.17, 15) is 4.39 Å². The van der Waals surface area contributed by atoms with Crippen LogP contribution in [0.5, 0.6) is 0 Å². The maximum Gasteiger partial charge on any atom is 0.100 e. The number of alkyl halides is 1. The first-order chi connectivity index (χ1) is 3.66. The first-order valence-corrected chi connectivity index (χ1v) is 3.30. The predicted molar refractivity (Wildman–Crippen MR) is 34.6 cm³/mol. The van der Waals surface area contributed by atoms with E-state index < -0.39 is 6.17 Å². The van der Waals surface area contributed by atoms with E-state index in [-0.39, 0.29) is 0 Å². The molecule has 0 aromatic rings. The molecule has 50 valence electrons. The molecule has 1 atom stereocenters. The third-order valence-corrected chi connectivity index (χ3v) is 1.17. The van der Waals surface area contributed by atoms with Crippen LogP contribution in [0.2, 0.25) is 0 Å². The first kappa shape index (κ1) is 7.93. The summed E-state index contributed by atoms with van der Waals surface area (Å²) in [5.74, 6) is 0.505. The molecular weight excluding hydrogens is 103 g/mol. The molecule has 8 heavy (non-hydrogen) atoms. The van der Waals surface area contributed by atoms with Gasteiger partial charge in [-0.1, -0.05) is 20.8 Å². The van der Waals surface area contributed by atoms with Gasteiger partial charge in [-0.25, -0.2) is 4.39 Å². The molecule has 0 N–H and O–H groups in total. The lowest BCUT2D eigenvalue weighted by Crippen LogP contribution is -2.01. The Labute approximate surface area is 51.1 Å². The molecule has 0 amide bonds. The smallest absolute Gasteiger partial charge is 0.100 e. The van der Waals surface area contributed by atoms with Gasteiger partial charge in [0.1, 0.15) is 6.17 Å². The third kappa shape index (κ3) is 4.10. The number of halogens is 1. The molecule has 0 aromatic carbocycles. The Morgan fingerprint density at radius 1 is 1.38 bits per heavy atom. The highest BCUT2D eigenvalue weighted by molar-refractivity contribution is 4.54.